The van der Waals surface area contributed by atoms with E-state index in [1.807, 2.05) is 18.2 Å². The van der Waals surface area contributed by atoms with Crippen molar-refractivity contribution in [1.29, 1.82) is 5.26 Å². The van der Waals surface area contributed by atoms with Crippen LogP contribution in [0.3, 0.4) is 0 Å². The molecule has 78 valence electrons. The van der Waals surface area contributed by atoms with Crippen molar-refractivity contribution in [3.05, 3.63) is 43.1 Å². The average molecular weight is 229 g/mol. The molecule has 5 heteroatoms. The van der Waals surface area contributed by atoms with Crippen LogP contribution in [0.4, 0.5) is 0 Å². The third kappa shape index (κ3) is 2.49. The number of hydrogen-bond acceptors (Lipinski definition) is 5. The van der Waals surface area contributed by atoms with Gasteiger partial charge in [-0.3, -0.25) is 0 Å². The van der Waals surface area contributed by atoms with Gasteiger partial charge in [0.1, 0.15) is 5.40 Å². The summed E-state index contributed by atoms with van der Waals surface area (Å²) in [6, 6.07) is 10.2. The molecule has 0 aliphatic carbocycles. The van der Waals surface area contributed by atoms with Crippen molar-refractivity contribution in [3.8, 4) is 5.40 Å². The van der Waals surface area contributed by atoms with Crippen LogP contribution in [0.15, 0.2) is 52.5 Å². The summed E-state index contributed by atoms with van der Waals surface area (Å²) in [6.45, 7) is 0. The highest BCUT2D eigenvalue weighted by Gasteiger charge is 1.99. The Morgan fingerprint density at radius 1 is 1.25 bits per heavy atom. The van der Waals surface area contributed by atoms with Gasteiger partial charge in [-0.15, -0.1) is 0 Å². The molecule has 16 heavy (non-hydrogen) atoms. The van der Waals surface area contributed by atoms with Crippen molar-refractivity contribution in [2.45, 2.75) is 4.90 Å². The Bertz CT molecular complexity index is 536. The van der Waals surface area contributed by atoms with E-state index in [1.165, 1.54) is 29.9 Å². The highest BCUT2D eigenvalue weighted by molar-refractivity contribution is 8.04. The van der Waals surface area contributed by atoms with Crippen LogP contribution in [0.5, 0.6) is 0 Å². The molecule has 4 aromatic rings. The maximum Gasteiger partial charge on any atom is 0.213 e. The van der Waals surface area contributed by atoms with Crippen LogP contribution in [0, 0.1) is 10.7 Å². The first-order valence-corrected chi connectivity index (χ1v) is 5.29. The van der Waals surface area contributed by atoms with E-state index in [0.717, 1.165) is 10.3 Å². The predicted molar refractivity (Wildman–Crippen MR) is 60.9 cm³/mol. The number of thiocyanates is 1. The third-order valence-corrected chi connectivity index (χ3v) is 2.60. The van der Waals surface area contributed by atoms with Crippen LogP contribution in [0.2, 0.25) is 0 Å². The van der Waals surface area contributed by atoms with Gasteiger partial charge in [-0.05, 0) is 28.6 Å². The lowest BCUT2D eigenvalue weighted by molar-refractivity contribution is 0.416. The van der Waals surface area contributed by atoms with Gasteiger partial charge >= 0.3 is 0 Å². The first kappa shape index (κ1) is 10.5. The fourth-order valence-corrected chi connectivity index (χ4v) is 1.80. The number of nitrogens with zero attached hydrogens (tertiary/aromatic N) is 3. The summed E-state index contributed by atoms with van der Waals surface area (Å²) < 4.78 is 4.22. The van der Waals surface area contributed by atoms with Gasteiger partial charge in [0.2, 0.25) is 6.39 Å². The van der Waals surface area contributed by atoms with E-state index in [9.17, 15) is 0 Å². The zero-order valence-electron chi connectivity index (χ0n) is 8.20. The van der Waals surface area contributed by atoms with Crippen molar-refractivity contribution < 1.29 is 4.52 Å². The summed E-state index contributed by atoms with van der Waals surface area (Å²) in [5.41, 5.74) is 0. The van der Waals surface area contributed by atoms with Crippen molar-refractivity contribution in [2.24, 2.45) is 0 Å². The molecule has 0 N–H and O–H groups in total. The minimum absolute atomic E-state index is 1.06. The largest absolute Gasteiger partial charge is 0.343 e. The summed E-state index contributed by atoms with van der Waals surface area (Å²) in [5.74, 6) is 0. The molecular weight excluding hydrogens is 222 g/mol. The van der Waals surface area contributed by atoms with Crippen molar-refractivity contribution in [3.63, 3.8) is 0 Å². The van der Waals surface area contributed by atoms with Crippen LogP contribution in [0.25, 0.3) is 10.8 Å². The molecule has 0 amide bonds. The van der Waals surface area contributed by atoms with E-state index < -0.39 is 0 Å². The topological polar surface area (TPSA) is 62.7 Å². The Morgan fingerprint density at radius 3 is 2.44 bits per heavy atom. The molecule has 4 nitrogen and oxygen atoms in total. The fraction of sp³-hybridized carbons (Fsp3) is 0. The Hall–Kier alpha value is -2.06. The Labute approximate surface area is 96.2 Å². The Kier molecular flexibility index (Phi) is 3.36. The number of benzene rings is 3. The standard InChI is InChI=1S/C9H5NS.C2H2N2O/c10-6-11-9-5-7-1-3-8(9)4-2-7;1-3-2-5-4-1/h1-5H;1-2H. The molecule has 1 heterocycles. The molecule has 0 spiro atoms. The number of aromatic nitrogens is 2. The molecule has 0 aliphatic heterocycles. The monoisotopic (exact) mass is 229 g/mol. The molecule has 0 fully saturated rings. The zero-order valence-corrected chi connectivity index (χ0v) is 9.02. The maximum atomic E-state index is 8.45. The molecule has 0 saturated heterocycles. The van der Waals surface area contributed by atoms with Crippen LogP contribution < -0.4 is 0 Å². The smallest absolute Gasteiger partial charge is 0.213 e. The lowest BCUT2D eigenvalue weighted by Crippen LogP contribution is -1.76. The first-order valence-electron chi connectivity index (χ1n) is 4.47. The van der Waals surface area contributed by atoms with E-state index in [4.69, 9.17) is 5.26 Å². The molecule has 2 bridgehead atoms. The second kappa shape index (κ2) is 5.14. The summed E-state index contributed by atoms with van der Waals surface area (Å²) in [6.07, 6.45) is 2.60. The SMILES string of the molecule is N#CSc1cc2ccc1cc2.c1ncon1. The molecular formula is C11H7N3OS. The lowest BCUT2D eigenvalue weighted by Gasteiger charge is -2.01. The molecule has 0 aliphatic rings. The molecule has 0 unspecified atom stereocenters. The number of nitriles is 1. The summed E-state index contributed by atoms with van der Waals surface area (Å²) in [7, 11) is 0. The average Bonchev–Trinajstić information content (AvgIpc) is 2.90. The Balaban J connectivity index is 0.000000162. The van der Waals surface area contributed by atoms with Gasteiger partial charge in [-0.25, -0.2) is 4.98 Å². The van der Waals surface area contributed by atoms with Crippen LogP contribution in [-0.2, 0) is 0 Å². The lowest BCUT2D eigenvalue weighted by atomic mass is 10.1. The molecule has 0 radical (unpaired) electrons. The molecule has 1 aromatic heterocycles. The molecule has 0 atom stereocenters. The van der Waals surface area contributed by atoms with E-state index in [-0.39, 0.29) is 0 Å². The van der Waals surface area contributed by atoms with Crippen molar-refractivity contribution in [1.82, 2.24) is 10.1 Å². The van der Waals surface area contributed by atoms with Gasteiger partial charge < -0.3 is 4.52 Å². The predicted octanol–water partition coefficient (Wildman–Crippen LogP) is 2.92. The zero-order chi connectivity index (χ0) is 11.2. The molecule has 3 aromatic carbocycles. The number of fused-ring (bicyclic) bond motifs is 3. The fourth-order valence-electron chi connectivity index (χ4n) is 1.25. The van der Waals surface area contributed by atoms with E-state index >= 15 is 0 Å². The van der Waals surface area contributed by atoms with Crippen molar-refractivity contribution >= 4 is 22.5 Å². The number of rotatable bonds is 1. The van der Waals surface area contributed by atoms with E-state index in [0.29, 0.717) is 0 Å². The summed E-state index contributed by atoms with van der Waals surface area (Å²) >= 11 is 1.22. The van der Waals surface area contributed by atoms with Gasteiger partial charge in [-0.1, -0.05) is 29.4 Å². The first-order chi connectivity index (χ1) is 7.90. The Morgan fingerprint density at radius 2 is 2.06 bits per heavy atom. The van der Waals surface area contributed by atoms with Crippen molar-refractivity contribution in [2.75, 3.05) is 0 Å². The second-order valence-electron chi connectivity index (χ2n) is 2.90. The minimum Gasteiger partial charge on any atom is -0.343 e. The number of thioether (sulfide) groups is 1. The summed E-state index contributed by atoms with van der Waals surface area (Å²) in [4.78, 5) is 4.51. The molecule has 0 saturated carbocycles. The van der Waals surface area contributed by atoms with Gasteiger partial charge in [0, 0.05) is 4.90 Å². The van der Waals surface area contributed by atoms with Gasteiger partial charge in [0.15, 0.2) is 6.33 Å². The molecule has 4 rings (SSSR count). The maximum absolute atomic E-state index is 8.45. The number of hydrogen-bond donors (Lipinski definition) is 0. The highest BCUT2D eigenvalue weighted by Crippen LogP contribution is 2.26. The quantitative estimate of drug-likeness (QED) is 0.474. The normalized spacial score (nSPS) is 9.44. The highest BCUT2D eigenvalue weighted by atomic mass is 32.2. The summed E-state index contributed by atoms with van der Waals surface area (Å²) in [5, 5.41) is 16.1. The second-order valence-corrected chi connectivity index (χ2v) is 3.73. The van der Waals surface area contributed by atoms with Crippen LogP contribution in [-0.4, -0.2) is 10.1 Å². The van der Waals surface area contributed by atoms with Gasteiger partial charge in [-0.2, -0.15) is 5.26 Å². The van der Waals surface area contributed by atoms with Crippen LogP contribution in [0.1, 0.15) is 0 Å². The van der Waals surface area contributed by atoms with E-state index in [2.05, 4.69) is 32.2 Å². The van der Waals surface area contributed by atoms with E-state index in [1.54, 1.807) is 0 Å². The minimum atomic E-state index is 1.06. The third-order valence-electron chi connectivity index (χ3n) is 1.93. The van der Waals surface area contributed by atoms with Gasteiger partial charge in [0.05, 0.1) is 0 Å². The van der Waals surface area contributed by atoms with Gasteiger partial charge in [0.25, 0.3) is 0 Å². The van der Waals surface area contributed by atoms with Crippen LogP contribution >= 0.6 is 11.8 Å².